The molecule has 8 heteroatoms. The first kappa shape index (κ1) is 18.2. The zero-order valence-corrected chi connectivity index (χ0v) is 16.1. The maximum absolute atomic E-state index is 5.92. The van der Waals surface area contributed by atoms with Gasteiger partial charge in [0.15, 0.2) is 0 Å². The highest BCUT2D eigenvalue weighted by Crippen LogP contribution is 2.35. The molecular weight excluding hydrogens is 346 g/mol. The van der Waals surface area contributed by atoms with E-state index in [4.69, 9.17) is 16.2 Å². The van der Waals surface area contributed by atoms with Crippen LogP contribution in [0.15, 0.2) is 40.0 Å². The number of hydrogen-bond donors (Lipinski definition) is 2. The summed E-state index contributed by atoms with van der Waals surface area (Å²) in [7, 11) is 6.27. The summed E-state index contributed by atoms with van der Waals surface area (Å²) < 4.78 is 1.23. The summed E-state index contributed by atoms with van der Waals surface area (Å²) in [4.78, 5) is 9.34. The standard InChI is InChI=1S/C18H23N7S/c1-24(2)8-4-9-25(3)18-14-7-10-26-16(14)13-6-5-12(11-15(13)21-18)17(19)22-23-20/h5-7,10-11H,4,8-9H2,1-3H3,(H3,19,20,22)/p+1. The van der Waals surface area contributed by atoms with Crippen molar-refractivity contribution < 1.29 is 5.53 Å². The molecule has 3 rings (SSSR count). The molecule has 0 fully saturated rings. The first-order chi connectivity index (χ1) is 12.5. The minimum absolute atomic E-state index is 0.281. The van der Waals surface area contributed by atoms with E-state index in [1.807, 2.05) is 18.2 Å². The first-order valence-electron chi connectivity index (χ1n) is 8.42. The Morgan fingerprint density at radius 1 is 1.19 bits per heavy atom. The van der Waals surface area contributed by atoms with Crippen LogP contribution in [0.5, 0.6) is 0 Å². The second-order valence-corrected chi connectivity index (χ2v) is 7.43. The summed E-state index contributed by atoms with van der Waals surface area (Å²) in [5.74, 6) is 1.27. The molecule has 0 unspecified atom stereocenters. The van der Waals surface area contributed by atoms with Gasteiger partial charge in [-0.2, -0.15) is 5.53 Å². The van der Waals surface area contributed by atoms with E-state index in [2.05, 4.69) is 52.7 Å². The van der Waals surface area contributed by atoms with Crippen LogP contribution in [0.25, 0.3) is 21.0 Å². The van der Waals surface area contributed by atoms with Crippen molar-refractivity contribution in [1.82, 2.24) is 9.88 Å². The lowest BCUT2D eigenvalue weighted by atomic mass is 10.1. The van der Waals surface area contributed by atoms with Gasteiger partial charge in [-0.3, -0.25) is 0 Å². The van der Waals surface area contributed by atoms with Gasteiger partial charge in [0.1, 0.15) is 11.0 Å². The van der Waals surface area contributed by atoms with E-state index < -0.39 is 0 Å². The SMILES string of the molecule is CN(C)CCCN(C)c1nc2cc(/C(N)=N/N=[NH2+])ccc2c2sccc12. The van der Waals surface area contributed by atoms with Crippen molar-refractivity contribution in [3.63, 3.8) is 0 Å². The highest BCUT2D eigenvalue weighted by molar-refractivity contribution is 7.18. The molecule has 0 aliphatic carbocycles. The van der Waals surface area contributed by atoms with Crippen LogP contribution in [-0.2, 0) is 0 Å². The zero-order chi connectivity index (χ0) is 18.7. The number of anilines is 1. The van der Waals surface area contributed by atoms with E-state index in [0.29, 0.717) is 0 Å². The maximum atomic E-state index is 5.92. The van der Waals surface area contributed by atoms with Crippen LogP contribution >= 0.6 is 11.3 Å². The molecule has 0 radical (unpaired) electrons. The van der Waals surface area contributed by atoms with E-state index in [-0.39, 0.29) is 5.84 Å². The largest absolute Gasteiger partial charge is 0.360 e. The summed E-state index contributed by atoms with van der Waals surface area (Å²) in [6.45, 7) is 1.99. The Bertz CT molecular complexity index is 961. The molecule has 2 aromatic heterocycles. The molecule has 0 atom stereocenters. The van der Waals surface area contributed by atoms with Crippen LogP contribution in [0, 0.1) is 0 Å². The monoisotopic (exact) mass is 370 g/mol. The quantitative estimate of drug-likeness (QED) is 0.286. The smallest absolute Gasteiger partial charge is 0.273 e. The third-order valence-electron chi connectivity index (χ3n) is 4.30. The molecule has 136 valence electrons. The van der Waals surface area contributed by atoms with E-state index in [1.54, 1.807) is 11.3 Å². The number of aromatic nitrogens is 1. The van der Waals surface area contributed by atoms with Gasteiger partial charge in [0.2, 0.25) is 0 Å². The van der Waals surface area contributed by atoms with Crippen LogP contribution in [0.2, 0.25) is 0 Å². The fourth-order valence-corrected chi connectivity index (χ4v) is 3.91. The average molecular weight is 371 g/mol. The lowest BCUT2D eigenvalue weighted by molar-refractivity contribution is -0.221. The number of pyridine rings is 1. The van der Waals surface area contributed by atoms with Crippen molar-refractivity contribution in [2.24, 2.45) is 16.1 Å². The predicted octanol–water partition coefficient (Wildman–Crippen LogP) is 1.67. The van der Waals surface area contributed by atoms with Gasteiger partial charge >= 0.3 is 0 Å². The van der Waals surface area contributed by atoms with Crippen LogP contribution in [0.3, 0.4) is 0 Å². The highest BCUT2D eigenvalue weighted by atomic mass is 32.1. The highest BCUT2D eigenvalue weighted by Gasteiger charge is 2.15. The fourth-order valence-electron chi connectivity index (χ4n) is 2.98. The van der Waals surface area contributed by atoms with Crippen LogP contribution in [0.1, 0.15) is 12.0 Å². The van der Waals surface area contributed by atoms with E-state index >= 15 is 0 Å². The number of nitrogens with two attached hydrogens (primary N) is 2. The molecule has 0 aliphatic heterocycles. The summed E-state index contributed by atoms with van der Waals surface area (Å²) in [6.07, 6.45) is 1.08. The predicted molar refractivity (Wildman–Crippen MR) is 109 cm³/mol. The van der Waals surface area contributed by atoms with Crippen LogP contribution in [-0.4, -0.2) is 50.0 Å². The molecule has 2 heterocycles. The van der Waals surface area contributed by atoms with Crippen LogP contribution < -0.4 is 16.2 Å². The fraction of sp³-hybridized carbons (Fsp3) is 0.333. The van der Waals surface area contributed by atoms with E-state index in [0.717, 1.165) is 41.8 Å². The number of benzene rings is 1. The normalized spacial score (nSPS) is 12.2. The van der Waals surface area contributed by atoms with Gasteiger partial charge in [0.25, 0.3) is 5.84 Å². The van der Waals surface area contributed by atoms with Crippen molar-refractivity contribution in [2.45, 2.75) is 6.42 Å². The van der Waals surface area contributed by atoms with Crippen molar-refractivity contribution in [3.05, 3.63) is 35.2 Å². The molecule has 1 aromatic carbocycles. The summed E-state index contributed by atoms with van der Waals surface area (Å²) in [5, 5.41) is 11.4. The number of hydrogen-bond acceptors (Lipinski definition) is 5. The van der Waals surface area contributed by atoms with E-state index in [1.165, 1.54) is 10.1 Å². The molecule has 26 heavy (non-hydrogen) atoms. The third kappa shape index (κ3) is 3.66. The van der Waals surface area contributed by atoms with Crippen molar-refractivity contribution in [2.75, 3.05) is 39.1 Å². The molecule has 0 spiro atoms. The third-order valence-corrected chi connectivity index (χ3v) is 5.24. The Hall–Kier alpha value is -2.58. The summed E-state index contributed by atoms with van der Waals surface area (Å²) >= 11 is 1.73. The van der Waals surface area contributed by atoms with Crippen molar-refractivity contribution >= 4 is 44.0 Å². The Balaban J connectivity index is 2.05. The molecule has 0 amide bonds. The molecule has 0 saturated carbocycles. The van der Waals surface area contributed by atoms with Gasteiger partial charge in [-0.15, -0.1) is 11.3 Å². The first-order valence-corrected chi connectivity index (χ1v) is 9.29. The van der Waals surface area contributed by atoms with Crippen LogP contribution in [0.4, 0.5) is 5.82 Å². The van der Waals surface area contributed by atoms with Crippen molar-refractivity contribution in [3.8, 4) is 0 Å². The molecule has 4 N–H and O–H groups in total. The van der Waals surface area contributed by atoms with E-state index in [9.17, 15) is 0 Å². The van der Waals surface area contributed by atoms with Gasteiger partial charge in [0, 0.05) is 34.6 Å². The van der Waals surface area contributed by atoms with Gasteiger partial charge in [-0.1, -0.05) is 6.07 Å². The molecule has 0 saturated heterocycles. The molecular formula is C18H24N7S+. The number of amidine groups is 1. The molecule has 3 aromatic rings. The molecule has 0 aliphatic rings. The Kier molecular flexibility index (Phi) is 5.43. The average Bonchev–Trinajstić information content (AvgIpc) is 3.10. The lowest BCUT2D eigenvalue weighted by Crippen LogP contribution is -2.24. The minimum Gasteiger partial charge on any atom is -0.360 e. The second kappa shape index (κ2) is 7.76. The number of fused-ring (bicyclic) bond motifs is 3. The number of thiophene rings is 1. The van der Waals surface area contributed by atoms with Gasteiger partial charge in [0.05, 0.1) is 10.6 Å². The lowest BCUT2D eigenvalue weighted by Gasteiger charge is -2.21. The topological polar surface area (TPSA) is 95.7 Å². The second-order valence-electron chi connectivity index (χ2n) is 6.51. The van der Waals surface area contributed by atoms with Crippen molar-refractivity contribution in [1.29, 1.82) is 0 Å². The summed E-state index contributed by atoms with van der Waals surface area (Å²) in [5.41, 5.74) is 12.7. The molecule has 0 bridgehead atoms. The zero-order valence-electron chi connectivity index (χ0n) is 15.3. The van der Waals surface area contributed by atoms with Gasteiger partial charge in [-0.05, 0) is 50.6 Å². The summed E-state index contributed by atoms with van der Waals surface area (Å²) in [6, 6.07) is 8.04. The number of rotatable bonds is 7. The number of nitrogens with zero attached hydrogens (tertiary/aromatic N) is 5. The Morgan fingerprint density at radius 3 is 2.73 bits per heavy atom. The Labute approximate surface area is 156 Å². The van der Waals surface area contributed by atoms with Gasteiger partial charge < -0.3 is 15.5 Å². The maximum Gasteiger partial charge on any atom is 0.273 e. The minimum atomic E-state index is 0.281. The van der Waals surface area contributed by atoms with Gasteiger partial charge in [-0.25, -0.2) is 4.98 Å². The molecule has 7 nitrogen and oxygen atoms in total. The Morgan fingerprint density at radius 2 is 2.00 bits per heavy atom.